The van der Waals surface area contributed by atoms with Gasteiger partial charge in [0, 0.05) is 31.5 Å². The number of Topliss-reactive ketones (excluding diaryl/α,β-unsaturated/α-hetero) is 1. The molecule has 176 valence electrons. The van der Waals surface area contributed by atoms with Crippen molar-refractivity contribution >= 4 is 17.6 Å². The highest BCUT2D eigenvalue weighted by molar-refractivity contribution is 5.94. The lowest BCUT2D eigenvalue weighted by atomic mass is 9.48. The second-order valence-electron chi connectivity index (χ2n) is 10.4. The van der Waals surface area contributed by atoms with Crippen LogP contribution in [0, 0.1) is 5.92 Å². The van der Waals surface area contributed by atoms with Crippen molar-refractivity contribution in [2.75, 3.05) is 19.7 Å². The van der Waals surface area contributed by atoms with E-state index in [4.69, 9.17) is 9.47 Å². The largest absolute Gasteiger partial charge is 0.504 e. The van der Waals surface area contributed by atoms with Gasteiger partial charge >= 0.3 is 0 Å². The molecule has 33 heavy (non-hydrogen) atoms. The number of nitrogens with zero attached hydrogens (tertiary/aromatic N) is 1. The minimum Gasteiger partial charge on any atom is -0.504 e. The molecule has 1 saturated heterocycles. The van der Waals surface area contributed by atoms with Gasteiger partial charge in [0.05, 0.1) is 24.0 Å². The smallest absolute Gasteiger partial charge is 0.228 e. The van der Waals surface area contributed by atoms with Crippen LogP contribution in [0.15, 0.2) is 12.1 Å². The number of amides is 2. The maximum Gasteiger partial charge on any atom is 0.228 e. The zero-order chi connectivity index (χ0) is 23.0. The van der Waals surface area contributed by atoms with E-state index in [1.165, 1.54) is 19.8 Å². The van der Waals surface area contributed by atoms with Crippen LogP contribution in [0.25, 0.3) is 0 Å². The topological polar surface area (TPSA) is 105 Å². The van der Waals surface area contributed by atoms with Crippen molar-refractivity contribution in [3.63, 3.8) is 0 Å². The molecule has 2 aliphatic heterocycles. The number of ether oxygens (including phenoxy) is 2. The van der Waals surface area contributed by atoms with Crippen LogP contribution in [-0.4, -0.2) is 65.0 Å². The summed E-state index contributed by atoms with van der Waals surface area (Å²) in [5.41, 5.74) is 0.725. The molecule has 8 heteroatoms. The molecule has 0 radical (unpaired) electrons. The summed E-state index contributed by atoms with van der Waals surface area (Å²) in [6.45, 7) is 3.37. The Balaban J connectivity index is 1.43. The molecular formula is C25H30N2O6. The highest BCUT2D eigenvalue weighted by Crippen LogP contribution is 2.66. The lowest BCUT2D eigenvalue weighted by Crippen LogP contribution is -2.77. The van der Waals surface area contributed by atoms with Crippen molar-refractivity contribution in [2.24, 2.45) is 5.92 Å². The lowest BCUT2D eigenvalue weighted by Gasteiger charge is -2.64. The predicted octanol–water partition coefficient (Wildman–Crippen LogP) is 1.60. The molecule has 8 nitrogen and oxygen atoms in total. The molecule has 2 saturated carbocycles. The van der Waals surface area contributed by atoms with Gasteiger partial charge in [-0.05, 0) is 56.2 Å². The number of aromatic hydroxyl groups is 1. The third kappa shape index (κ3) is 2.93. The maximum absolute atomic E-state index is 13.2. The molecule has 5 aliphatic rings. The standard InChI is InChI=1S/C25H30N2O6/c1-14(28)26-20(31)7-11-32-25-8-6-18(30)23-24(25)9-10-27(13-15-2-3-15)19(25)12-16-4-5-17(29)22(33-23)21(16)24/h4-5,15,19,23,29H,2-3,6-13H2,1H3,(H,26,28,31)/t19-,23+,24+,25?/m1/s1. The van der Waals surface area contributed by atoms with Crippen LogP contribution in [0.1, 0.15) is 56.6 Å². The Morgan fingerprint density at radius 2 is 2.12 bits per heavy atom. The average molecular weight is 455 g/mol. The average Bonchev–Trinajstić information content (AvgIpc) is 3.50. The predicted molar refractivity (Wildman–Crippen MR) is 117 cm³/mol. The number of hydrogen-bond donors (Lipinski definition) is 2. The number of carbonyl (C=O) groups is 3. The van der Waals surface area contributed by atoms with E-state index in [1.54, 1.807) is 6.07 Å². The molecule has 4 atom stereocenters. The number of benzene rings is 1. The highest BCUT2D eigenvalue weighted by Gasteiger charge is 2.74. The van der Waals surface area contributed by atoms with E-state index in [1.807, 2.05) is 6.07 Å². The summed E-state index contributed by atoms with van der Waals surface area (Å²) in [4.78, 5) is 39.1. The van der Waals surface area contributed by atoms with Crippen molar-refractivity contribution in [1.82, 2.24) is 10.2 Å². The number of piperidine rings is 1. The molecule has 1 unspecified atom stereocenters. The molecule has 1 aromatic rings. The summed E-state index contributed by atoms with van der Waals surface area (Å²) in [6.07, 6.45) is 4.32. The number of phenolic OH excluding ortho intramolecular Hbond substituents is 1. The number of phenols is 1. The van der Waals surface area contributed by atoms with Crippen molar-refractivity contribution in [1.29, 1.82) is 0 Å². The van der Waals surface area contributed by atoms with E-state index in [-0.39, 0.29) is 42.4 Å². The molecule has 2 bridgehead atoms. The minimum atomic E-state index is -0.679. The van der Waals surface area contributed by atoms with Crippen LogP contribution < -0.4 is 10.1 Å². The number of ketones is 1. The van der Waals surface area contributed by atoms with Gasteiger partial charge in [-0.3, -0.25) is 24.6 Å². The fourth-order valence-corrected chi connectivity index (χ4v) is 7.11. The van der Waals surface area contributed by atoms with Crippen LogP contribution in [0.3, 0.4) is 0 Å². The van der Waals surface area contributed by atoms with Gasteiger partial charge in [-0.1, -0.05) is 6.07 Å². The third-order valence-electron chi connectivity index (χ3n) is 8.52. The summed E-state index contributed by atoms with van der Waals surface area (Å²) in [5.74, 6) is 0.528. The Bertz CT molecular complexity index is 1050. The Morgan fingerprint density at radius 1 is 1.30 bits per heavy atom. The monoisotopic (exact) mass is 454 g/mol. The molecule has 3 fully saturated rings. The van der Waals surface area contributed by atoms with Crippen LogP contribution >= 0.6 is 0 Å². The van der Waals surface area contributed by atoms with Gasteiger partial charge in [-0.15, -0.1) is 0 Å². The fraction of sp³-hybridized carbons (Fsp3) is 0.640. The first-order valence-electron chi connectivity index (χ1n) is 12.1. The zero-order valence-electron chi connectivity index (χ0n) is 18.9. The number of carbonyl (C=O) groups excluding carboxylic acids is 3. The van der Waals surface area contributed by atoms with E-state index < -0.39 is 17.1 Å². The molecule has 1 spiro atoms. The van der Waals surface area contributed by atoms with Crippen molar-refractivity contribution in [2.45, 2.75) is 75.0 Å². The first-order chi connectivity index (χ1) is 15.9. The number of hydrogen-bond acceptors (Lipinski definition) is 7. The van der Waals surface area contributed by atoms with Crippen molar-refractivity contribution < 1.29 is 29.0 Å². The first kappa shape index (κ1) is 21.1. The summed E-state index contributed by atoms with van der Waals surface area (Å²) in [7, 11) is 0. The molecule has 0 aromatic heterocycles. The van der Waals surface area contributed by atoms with E-state index in [2.05, 4.69) is 10.2 Å². The maximum atomic E-state index is 13.2. The van der Waals surface area contributed by atoms with Crippen LogP contribution in [0.2, 0.25) is 0 Å². The van der Waals surface area contributed by atoms with Gasteiger partial charge in [0.25, 0.3) is 0 Å². The van der Waals surface area contributed by atoms with E-state index >= 15 is 0 Å². The lowest BCUT2D eigenvalue weighted by molar-refractivity contribution is -0.213. The SMILES string of the molecule is CC(=O)NC(=O)CCOC12CCC(=O)[C@@H]3Oc4c(O)ccc5c4[C@@]31CCN(CC1CC1)[C@@H]2C5. The zero-order valence-corrected chi connectivity index (χ0v) is 18.9. The summed E-state index contributed by atoms with van der Waals surface area (Å²) in [6, 6.07) is 3.72. The Morgan fingerprint density at radius 3 is 2.88 bits per heavy atom. The van der Waals surface area contributed by atoms with E-state index in [9.17, 15) is 19.5 Å². The molecule has 6 rings (SSSR count). The minimum absolute atomic E-state index is 0.0568. The molecular weight excluding hydrogens is 424 g/mol. The number of rotatable bonds is 6. The molecule has 2 heterocycles. The molecule has 2 N–H and O–H groups in total. The molecule has 2 amide bonds. The second-order valence-corrected chi connectivity index (χ2v) is 10.4. The van der Waals surface area contributed by atoms with Crippen LogP contribution in [0.4, 0.5) is 0 Å². The summed E-state index contributed by atoms with van der Waals surface area (Å²) in [5, 5.41) is 12.9. The quantitative estimate of drug-likeness (QED) is 0.673. The third-order valence-corrected chi connectivity index (χ3v) is 8.52. The van der Waals surface area contributed by atoms with E-state index in [0.717, 1.165) is 43.0 Å². The molecule has 3 aliphatic carbocycles. The Labute approximate surface area is 192 Å². The van der Waals surface area contributed by atoms with Gasteiger partial charge in [-0.25, -0.2) is 0 Å². The first-order valence-corrected chi connectivity index (χ1v) is 12.1. The number of imide groups is 1. The summed E-state index contributed by atoms with van der Waals surface area (Å²) < 4.78 is 13.0. The van der Waals surface area contributed by atoms with Gasteiger partial charge < -0.3 is 14.6 Å². The highest BCUT2D eigenvalue weighted by atomic mass is 16.5. The van der Waals surface area contributed by atoms with Crippen LogP contribution in [0.5, 0.6) is 11.5 Å². The normalized spacial score (nSPS) is 33.9. The van der Waals surface area contributed by atoms with Crippen molar-refractivity contribution in [3.05, 3.63) is 23.3 Å². The summed E-state index contributed by atoms with van der Waals surface area (Å²) >= 11 is 0. The fourth-order valence-electron chi connectivity index (χ4n) is 7.11. The van der Waals surface area contributed by atoms with Gasteiger partial charge in [0.2, 0.25) is 11.8 Å². The van der Waals surface area contributed by atoms with Gasteiger partial charge in [0.1, 0.15) is 0 Å². The van der Waals surface area contributed by atoms with Gasteiger partial charge in [0.15, 0.2) is 23.4 Å². The number of likely N-dealkylation sites (tertiary alicyclic amines) is 1. The Hall–Kier alpha value is -2.45. The second kappa shape index (κ2) is 7.27. The van der Waals surface area contributed by atoms with Crippen molar-refractivity contribution in [3.8, 4) is 11.5 Å². The van der Waals surface area contributed by atoms with Gasteiger partial charge in [-0.2, -0.15) is 0 Å². The number of nitrogens with one attached hydrogen (secondary N) is 1. The molecule has 1 aromatic carbocycles. The van der Waals surface area contributed by atoms with E-state index in [0.29, 0.717) is 18.6 Å². The Kier molecular flexibility index (Phi) is 4.65. The van der Waals surface area contributed by atoms with Crippen LogP contribution in [-0.2, 0) is 31.0 Å².